The van der Waals surface area contributed by atoms with Gasteiger partial charge in [0.1, 0.15) is 38.2 Å². The predicted molar refractivity (Wildman–Crippen MR) is 302 cm³/mol. The Morgan fingerprint density at radius 1 is 0.463 bits per heavy atom. The number of hydrogen-bond acceptors (Lipinski definition) is 18. The number of hydrogen-bond donors (Lipinski definition) is 1. The van der Waals surface area contributed by atoms with Crippen molar-refractivity contribution in [2.45, 2.75) is 43.4 Å². The van der Waals surface area contributed by atoms with Crippen molar-refractivity contribution in [2.24, 2.45) is 9.98 Å². The van der Waals surface area contributed by atoms with E-state index in [0.717, 1.165) is 22.7 Å². The van der Waals surface area contributed by atoms with Gasteiger partial charge in [-0.2, -0.15) is 0 Å². The zero-order valence-electron chi connectivity index (χ0n) is 42.8. The van der Waals surface area contributed by atoms with Crippen LogP contribution in [-0.2, 0) is 75.4 Å². The fraction of sp³-hybridized carbons (Fsp3) is 0.109. The normalized spacial score (nSPS) is 15.3. The summed E-state index contributed by atoms with van der Waals surface area (Å²) in [6, 6.07) is 50.8. The van der Waals surface area contributed by atoms with Crippen molar-refractivity contribution in [3.05, 3.63) is 264 Å². The van der Waals surface area contributed by atoms with Crippen LogP contribution < -0.4 is 16.2 Å². The number of ether oxygens (including phenoxy) is 4. The van der Waals surface area contributed by atoms with E-state index >= 15 is 19.2 Å². The number of rotatable bonds is 14. The van der Waals surface area contributed by atoms with Gasteiger partial charge in [0.25, 0.3) is 0 Å². The molecule has 1 atom stereocenters. The Labute approximate surface area is 472 Å². The molecule has 0 aliphatic heterocycles. The smallest absolute Gasteiger partial charge is 0.334 e. The Morgan fingerprint density at radius 2 is 0.817 bits per heavy atom. The number of esters is 4. The van der Waals surface area contributed by atoms with Crippen molar-refractivity contribution in [1.29, 1.82) is 0 Å². The Morgan fingerprint density at radius 3 is 1.21 bits per heavy atom. The average Bonchev–Trinajstić information content (AvgIpc) is 1.96. The van der Waals surface area contributed by atoms with Crippen LogP contribution in [0.2, 0.25) is 0 Å². The molecule has 10 aromatic rings. The predicted octanol–water partition coefficient (Wildman–Crippen LogP) is 9.09. The summed E-state index contributed by atoms with van der Waals surface area (Å²) in [6.45, 7) is -1.25. The molecular weight excluding hydrogens is 1080 g/mol. The second kappa shape index (κ2) is 20.6. The first-order valence-corrected chi connectivity index (χ1v) is 27.3. The van der Waals surface area contributed by atoms with Crippen molar-refractivity contribution in [2.75, 3.05) is 0 Å². The zero-order chi connectivity index (χ0) is 56.3. The van der Waals surface area contributed by atoms with Crippen molar-refractivity contribution in [3.63, 3.8) is 0 Å². The molecule has 1 unspecified atom stereocenters. The lowest BCUT2D eigenvalue weighted by Crippen LogP contribution is -2.47. The molecule has 18 heteroatoms. The number of fused-ring (bicyclic) bond motifs is 8. The van der Waals surface area contributed by atoms with E-state index in [1.807, 2.05) is 0 Å². The lowest BCUT2D eigenvalue weighted by molar-refractivity contribution is -0.166. The molecule has 2 aromatic heterocycles. The van der Waals surface area contributed by atoms with Gasteiger partial charge in [-0.15, -0.1) is 0 Å². The third-order valence-corrected chi connectivity index (χ3v) is 16.7. The van der Waals surface area contributed by atoms with Gasteiger partial charge in [0.2, 0.25) is 37.7 Å². The highest BCUT2D eigenvalue weighted by molar-refractivity contribution is 7.19. The number of carbonyl (C=O) groups is 5. The Hall–Kier alpha value is -10.0. The Bertz CT molecular complexity index is 4310. The van der Waals surface area contributed by atoms with Crippen LogP contribution in [0.1, 0.15) is 66.8 Å². The highest BCUT2D eigenvalue weighted by atomic mass is 32.1. The van der Waals surface area contributed by atoms with Gasteiger partial charge < -0.3 is 24.1 Å². The van der Waals surface area contributed by atoms with E-state index in [1.54, 1.807) is 158 Å². The van der Waals surface area contributed by atoms with Crippen LogP contribution >= 0.6 is 22.7 Å². The molecule has 0 saturated carbocycles. The van der Waals surface area contributed by atoms with Crippen molar-refractivity contribution in [3.8, 4) is 20.9 Å². The van der Waals surface area contributed by atoms with E-state index in [0.29, 0.717) is 27.8 Å². The second-order valence-corrected chi connectivity index (χ2v) is 21.5. The summed E-state index contributed by atoms with van der Waals surface area (Å²) in [5.74, 6) is -5.05. The second-order valence-electron chi connectivity index (χ2n) is 19.5. The summed E-state index contributed by atoms with van der Waals surface area (Å²) in [5, 5.41) is 11.0. The Kier molecular flexibility index (Phi) is 12.9. The molecule has 8 aromatic carbocycles. The van der Waals surface area contributed by atoms with Crippen LogP contribution in [0.5, 0.6) is 0 Å². The van der Waals surface area contributed by atoms with Crippen LogP contribution in [0.25, 0.3) is 31.7 Å². The summed E-state index contributed by atoms with van der Waals surface area (Å²) in [4.78, 5) is 123. The van der Waals surface area contributed by atoms with Crippen LogP contribution in [0, 0.1) is 0 Å². The molecule has 16 nitrogen and oxygen atoms in total. The Balaban J connectivity index is 1.07. The maximum absolute atomic E-state index is 15.7. The molecule has 0 radical (unpaired) electrons. The van der Waals surface area contributed by atoms with Crippen molar-refractivity contribution >= 4 is 79.1 Å². The minimum Gasteiger partial charge on any atom is -0.459 e. The topological polar surface area (TPSA) is 227 Å². The number of Topliss-reactive ketones (excluding diaryl/α,β-unsaturated/α-hetero) is 1. The highest BCUT2D eigenvalue weighted by Gasteiger charge is 2.65. The van der Waals surface area contributed by atoms with Gasteiger partial charge in [0.05, 0.1) is 21.1 Å². The molecule has 0 fully saturated rings. The fourth-order valence-corrected chi connectivity index (χ4v) is 12.8. The first kappa shape index (κ1) is 51.4. The molecule has 3 aliphatic rings. The summed E-state index contributed by atoms with van der Waals surface area (Å²) in [7, 11) is 0. The van der Waals surface area contributed by atoms with Gasteiger partial charge in [-0.05, 0) is 62.2 Å². The molecule has 400 valence electrons. The van der Waals surface area contributed by atoms with Gasteiger partial charge in [0.15, 0.2) is 5.36 Å². The fourth-order valence-electron chi connectivity index (χ4n) is 10.8. The molecule has 82 heavy (non-hydrogen) atoms. The van der Waals surface area contributed by atoms with E-state index in [-0.39, 0.29) is 102 Å². The number of aliphatic imine (C=N–C) groups is 1. The third kappa shape index (κ3) is 8.33. The number of ketones is 1. The minimum absolute atomic E-state index is 0.0328. The quantitative estimate of drug-likeness (QED) is 0.0609. The van der Waals surface area contributed by atoms with E-state index in [4.69, 9.17) is 28.9 Å². The van der Waals surface area contributed by atoms with E-state index in [2.05, 4.69) is 9.98 Å². The maximum Gasteiger partial charge on any atom is 0.334 e. The SMILES string of the molecule is O=C1/C(=N\c2nc3c(s2)-c2cc4c(cc2C3(C(=O)OCc2ccccc2)C(=O)OCc2ccccc2)-c2sc(N=c3c(=O)c5ccccc5c3=O)nc2C4(C(=O)OCc2ccccc2)C(=O)OCc2ccccc2)C(O)c2ccccc21. The first-order chi connectivity index (χ1) is 40.0. The molecule has 0 bridgehead atoms. The highest BCUT2D eigenvalue weighted by Crippen LogP contribution is 2.61. The minimum atomic E-state index is -2.60. The molecule has 0 spiro atoms. The third-order valence-electron chi connectivity index (χ3n) is 14.7. The summed E-state index contributed by atoms with van der Waals surface area (Å²) in [5.41, 5.74) is -4.18. The van der Waals surface area contributed by atoms with Crippen molar-refractivity contribution < 1.29 is 48.0 Å². The largest absolute Gasteiger partial charge is 0.459 e. The average molecular weight is 1120 g/mol. The molecule has 13 rings (SSSR count). The summed E-state index contributed by atoms with van der Waals surface area (Å²) in [6.07, 6.45) is -1.44. The van der Waals surface area contributed by atoms with Gasteiger partial charge in [-0.1, -0.05) is 193 Å². The number of thiazole rings is 2. The van der Waals surface area contributed by atoms with Gasteiger partial charge in [0, 0.05) is 16.3 Å². The summed E-state index contributed by atoms with van der Waals surface area (Å²) < 4.78 is 24.6. The molecule has 3 aliphatic carbocycles. The number of benzene rings is 7. The van der Waals surface area contributed by atoms with Crippen LogP contribution in [0.15, 0.2) is 202 Å². The van der Waals surface area contributed by atoms with Gasteiger partial charge in [-0.25, -0.2) is 20.0 Å². The monoisotopic (exact) mass is 1120 g/mol. The molecule has 1 N–H and O–H groups in total. The number of aliphatic hydroxyl groups excluding tert-OH is 1. The lowest BCUT2D eigenvalue weighted by atomic mass is 9.76. The first-order valence-electron chi connectivity index (χ1n) is 25.7. The lowest BCUT2D eigenvalue weighted by Gasteiger charge is -2.28. The number of aliphatic hydroxyl groups is 1. The van der Waals surface area contributed by atoms with Gasteiger partial charge in [-0.3, -0.25) is 33.6 Å². The molecule has 0 saturated heterocycles. The van der Waals surface area contributed by atoms with Crippen LogP contribution in [0.4, 0.5) is 10.3 Å². The molecule has 2 heterocycles. The zero-order valence-corrected chi connectivity index (χ0v) is 44.4. The van der Waals surface area contributed by atoms with Crippen molar-refractivity contribution in [1.82, 2.24) is 9.97 Å². The number of aromatic nitrogens is 2. The maximum atomic E-state index is 15.7. The van der Waals surface area contributed by atoms with E-state index < -0.39 is 62.8 Å². The molecular formula is C64H40N4O12S2. The standard InChI is InChI=1S/C64H40N4O12S2/c69-49-39-25-13-14-26-40(39)50(70)47(49)65-61-67-55-53(81-61)43-30-46-44(29-45(43)63(55,57(73)77-31-35-17-5-1-6-18-35)58(74)78-32-36-19-7-2-8-20-36)54-56(68-62(82-54)66-48-51(71)41-27-15-16-28-42(41)52(48)72)64(46,59(75)79-33-37-21-9-3-10-22-37)60(76)80-34-38-23-11-4-12-24-38/h1-30,49,69H,31-34H2/b65-47-. The summed E-state index contributed by atoms with van der Waals surface area (Å²) >= 11 is 1.72. The van der Waals surface area contributed by atoms with Gasteiger partial charge >= 0.3 is 23.9 Å². The molecule has 0 amide bonds. The van der Waals surface area contributed by atoms with E-state index in [9.17, 15) is 19.5 Å². The van der Waals surface area contributed by atoms with Crippen LogP contribution in [-0.4, -0.2) is 50.4 Å². The number of nitrogens with zero attached hydrogens (tertiary/aromatic N) is 4. The number of carbonyl (C=O) groups excluding carboxylic acids is 5. The van der Waals surface area contributed by atoms with E-state index in [1.165, 1.54) is 24.3 Å². The van der Waals surface area contributed by atoms with Crippen LogP contribution in [0.3, 0.4) is 0 Å².